The van der Waals surface area contributed by atoms with Crippen molar-refractivity contribution >= 4 is 17.7 Å². The van der Waals surface area contributed by atoms with E-state index in [1.807, 2.05) is 33.8 Å². The van der Waals surface area contributed by atoms with Gasteiger partial charge in [-0.2, -0.15) is 0 Å². The summed E-state index contributed by atoms with van der Waals surface area (Å²) in [5, 5.41) is 23.8. The quantitative estimate of drug-likeness (QED) is 0.325. The number of aliphatic hydroxyl groups is 1. The lowest BCUT2D eigenvalue weighted by Gasteiger charge is -2.35. The number of benzene rings is 2. The van der Waals surface area contributed by atoms with Crippen molar-refractivity contribution < 1.29 is 29.0 Å². The first-order chi connectivity index (χ1) is 18.0. The van der Waals surface area contributed by atoms with Crippen molar-refractivity contribution in [2.24, 2.45) is 11.7 Å². The summed E-state index contributed by atoms with van der Waals surface area (Å²) in [6.07, 6.45) is 0.943. The molecule has 2 rings (SSSR count). The Morgan fingerprint density at radius 1 is 1.03 bits per heavy atom. The molecule has 2 atom stereocenters. The smallest absolute Gasteiger partial charge is 0.254 e. The van der Waals surface area contributed by atoms with Crippen LogP contribution in [-0.4, -0.2) is 51.0 Å². The molecule has 5 N–H and O–H groups in total. The zero-order valence-electron chi connectivity index (χ0n) is 23.8. The molecule has 8 nitrogen and oxygen atoms in total. The van der Waals surface area contributed by atoms with Gasteiger partial charge in [0.1, 0.15) is 17.2 Å². The minimum atomic E-state index is -1.74. The molecule has 9 heteroatoms. The molecule has 2 aromatic carbocycles. The lowest BCUT2D eigenvalue weighted by atomic mass is 9.83. The van der Waals surface area contributed by atoms with Crippen LogP contribution in [0.2, 0.25) is 0 Å². The number of rotatable bonds is 12. The van der Waals surface area contributed by atoms with Crippen molar-refractivity contribution in [2.45, 2.75) is 84.4 Å². The van der Waals surface area contributed by atoms with Gasteiger partial charge >= 0.3 is 0 Å². The molecule has 0 aliphatic heterocycles. The van der Waals surface area contributed by atoms with Gasteiger partial charge in [-0.05, 0) is 67.0 Å². The monoisotopic (exact) mass is 543 g/mol. The first-order valence-corrected chi connectivity index (χ1v) is 13.2. The third-order valence-corrected chi connectivity index (χ3v) is 6.51. The fourth-order valence-electron chi connectivity index (χ4n) is 4.44. The van der Waals surface area contributed by atoms with Gasteiger partial charge in [0.15, 0.2) is 0 Å². The predicted octanol–water partition coefficient (Wildman–Crippen LogP) is 3.56. The van der Waals surface area contributed by atoms with Gasteiger partial charge in [0.25, 0.3) is 5.91 Å². The van der Waals surface area contributed by atoms with Crippen LogP contribution in [0, 0.1) is 11.7 Å². The molecule has 0 radical (unpaired) electrons. The number of aromatic hydroxyl groups is 1. The van der Waals surface area contributed by atoms with Gasteiger partial charge in [-0.3, -0.25) is 14.4 Å². The highest BCUT2D eigenvalue weighted by Gasteiger charge is 2.35. The molecule has 0 unspecified atom stereocenters. The third-order valence-electron chi connectivity index (χ3n) is 6.51. The second-order valence-electron chi connectivity index (χ2n) is 11.6. The molecular formula is C30H42FN3O5. The van der Waals surface area contributed by atoms with Crippen LogP contribution in [0.4, 0.5) is 4.39 Å². The van der Waals surface area contributed by atoms with E-state index in [2.05, 4.69) is 5.32 Å². The predicted molar refractivity (Wildman–Crippen MR) is 148 cm³/mol. The highest BCUT2D eigenvalue weighted by atomic mass is 19.1. The lowest BCUT2D eigenvalue weighted by Crippen LogP contribution is -2.55. The zero-order chi connectivity index (χ0) is 29.5. The van der Waals surface area contributed by atoms with Crippen LogP contribution in [0.25, 0.3) is 0 Å². The van der Waals surface area contributed by atoms with Crippen molar-refractivity contribution in [1.29, 1.82) is 0 Å². The Kier molecular flexibility index (Phi) is 10.6. The number of primary amides is 1. The number of hydrogen-bond acceptors (Lipinski definition) is 5. The summed E-state index contributed by atoms with van der Waals surface area (Å²) in [7, 11) is 0. The second kappa shape index (κ2) is 13.1. The summed E-state index contributed by atoms with van der Waals surface area (Å²) in [6.45, 7) is 10.3. The molecule has 0 aliphatic rings. The van der Waals surface area contributed by atoms with Crippen LogP contribution in [-0.2, 0) is 32.8 Å². The van der Waals surface area contributed by atoms with E-state index in [-0.39, 0.29) is 43.0 Å². The first-order valence-electron chi connectivity index (χ1n) is 13.2. The molecule has 214 valence electrons. The maximum absolute atomic E-state index is 13.5. The van der Waals surface area contributed by atoms with E-state index in [0.29, 0.717) is 17.5 Å². The van der Waals surface area contributed by atoms with Gasteiger partial charge < -0.3 is 26.2 Å². The van der Waals surface area contributed by atoms with Crippen molar-refractivity contribution in [3.05, 3.63) is 65.0 Å². The van der Waals surface area contributed by atoms with Gasteiger partial charge in [-0.25, -0.2) is 4.39 Å². The number of nitrogens with zero attached hydrogens (tertiary/aromatic N) is 1. The molecule has 0 fully saturated rings. The minimum Gasteiger partial charge on any atom is -0.508 e. The number of halogens is 1. The normalized spacial score (nSPS) is 13.4. The van der Waals surface area contributed by atoms with E-state index in [9.17, 15) is 29.0 Å². The molecule has 0 aliphatic carbocycles. The highest BCUT2D eigenvalue weighted by Crippen LogP contribution is 2.32. The average molecular weight is 544 g/mol. The molecular weight excluding hydrogens is 501 g/mol. The summed E-state index contributed by atoms with van der Waals surface area (Å²) in [5.41, 5.74) is 5.80. The van der Waals surface area contributed by atoms with Gasteiger partial charge in [0.05, 0.1) is 12.0 Å². The Morgan fingerprint density at radius 3 is 2.13 bits per heavy atom. The van der Waals surface area contributed by atoms with Gasteiger partial charge in [-0.1, -0.05) is 52.0 Å². The summed E-state index contributed by atoms with van der Waals surface area (Å²) < 4.78 is 13.5. The van der Waals surface area contributed by atoms with Crippen molar-refractivity contribution in [1.82, 2.24) is 10.2 Å². The summed E-state index contributed by atoms with van der Waals surface area (Å²) >= 11 is 0. The fraction of sp³-hybridized carbons (Fsp3) is 0.500. The number of hydrogen-bond donors (Lipinski definition) is 4. The molecule has 0 saturated carbocycles. The molecule has 39 heavy (non-hydrogen) atoms. The van der Waals surface area contributed by atoms with E-state index in [1.54, 1.807) is 12.1 Å². The standard InChI is InChI=1S/C30H42FN3O5/c1-7-8-26(36)33-24(18-34(28(38)30(5,6)39)17-19-9-12-21(31)13-10-19)22(27(32)37)15-20-11-14-25(35)23(16-20)29(2,3)4/h9-14,16,22,24,35,39H,7-8,15,17-18H2,1-6H3,(H2,32,37)(H,33,36)/t22-,24+/m0/s1. The average Bonchev–Trinajstić information content (AvgIpc) is 2.82. The molecule has 0 bridgehead atoms. The van der Waals surface area contributed by atoms with Crippen LogP contribution in [0.15, 0.2) is 42.5 Å². The highest BCUT2D eigenvalue weighted by molar-refractivity contribution is 5.85. The lowest BCUT2D eigenvalue weighted by molar-refractivity contribution is -0.149. The SMILES string of the molecule is CCCC(=O)N[C@H](CN(Cc1ccc(F)cc1)C(=O)C(C)(C)O)[C@H](Cc1ccc(O)c(C(C)(C)C)c1)C(N)=O. The van der Waals surface area contributed by atoms with E-state index in [4.69, 9.17) is 5.73 Å². The van der Waals surface area contributed by atoms with E-state index in [1.165, 1.54) is 43.0 Å². The number of phenols is 1. The first kappa shape index (κ1) is 31.8. The van der Waals surface area contributed by atoms with Crippen LogP contribution in [0.3, 0.4) is 0 Å². The maximum atomic E-state index is 13.5. The number of amides is 3. The summed E-state index contributed by atoms with van der Waals surface area (Å²) in [4.78, 5) is 40.1. The molecule has 0 saturated heterocycles. The maximum Gasteiger partial charge on any atom is 0.254 e. The Morgan fingerprint density at radius 2 is 1.62 bits per heavy atom. The summed E-state index contributed by atoms with van der Waals surface area (Å²) in [5.74, 6) is -2.79. The number of phenolic OH excluding ortho intramolecular Hbond substituents is 1. The Hall–Kier alpha value is -3.46. The third kappa shape index (κ3) is 9.35. The molecule has 0 heterocycles. The Bertz CT molecular complexity index is 1150. The molecule has 0 aromatic heterocycles. The van der Waals surface area contributed by atoms with Crippen LogP contribution in [0.5, 0.6) is 5.75 Å². The topological polar surface area (TPSA) is 133 Å². The fourth-order valence-corrected chi connectivity index (χ4v) is 4.44. The van der Waals surface area contributed by atoms with E-state index in [0.717, 1.165) is 5.56 Å². The summed E-state index contributed by atoms with van der Waals surface area (Å²) in [6, 6.07) is 9.80. The van der Waals surface area contributed by atoms with Gasteiger partial charge in [-0.15, -0.1) is 0 Å². The molecule has 2 aromatic rings. The van der Waals surface area contributed by atoms with Crippen LogP contribution >= 0.6 is 0 Å². The van der Waals surface area contributed by atoms with Crippen molar-refractivity contribution in [3.8, 4) is 5.75 Å². The number of carbonyl (C=O) groups excluding carboxylic acids is 3. The zero-order valence-corrected chi connectivity index (χ0v) is 23.8. The number of nitrogens with one attached hydrogen (secondary N) is 1. The second-order valence-corrected chi connectivity index (χ2v) is 11.6. The Balaban J connectivity index is 2.50. The molecule has 3 amide bonds. The number of nitrogens with two attached hydrogens (primary N) is 1. The van der Waals surface area contributed by atoms with Crippen LogP contribution in [0.1, 0.15) is 71.1 Å². The van der Waals surface area contributed by atoms with E-state index < -0.39 is 35.2 Å². The van der Waals surface area contributed by atoms with Crippen LogP contribution < -0.4 is 11.1 Å². The Labute approximate surface area is 230 Å². The number of carbonyl (C=O) groups is 3. The minimum absolute atomic E-state index is 0.0160. The van der Waals surface area contributed by atoms with Crippen molar-refractivity contribution in [2.75, 3.05) is 6.54 Å². The van der Waals surface area contributed by atoms with Gasteiger partial charge in [0, 0.05) is 19.5 Å². The largest absolute Gasteiger partial charge is 0.508 e. The van der Waals surface area contributed by atoms with Crippen molar-refractivity contribution in [3.63, 3.8) is 0 Å². The van der Waals surface area contributed by atoms with Gasteiger partial charge in [0.2, 0.25) is 11.8 Å². The molecule has 0 spiro atoms. The van der Waals surface area contributed by atoms with E-state index >= 15 is 0 Å².